The van der Waals surface area contributed by atoms with Crippen molar-refractivity contribution in [3.05, 3.63) is 64.8 Å². The fourth-order valence-corrected chi connectivity index (χ4v) is 3.55. The summed E-state index contributed by atoms with van der Waals surface area (Å²) in [6, 6.07) is 16.0. The van der Waals surface area contributed by atoms with Crippen LogP contribution < -0.4 is 4.90 Å². The van der Waals surface area contributed by atoms with E-state index >= 15 is 0 Å². The van der Waals surface area contributed by atoms with Gasteiger partial charge in [-0.2, -0.15) is 0 Å². The Morgan fingerprint density at radius 3 is 2.60 bits per heavy atom. The highest BCUT2D eigenvalue weighted by Crippen LogP contribution is 2.22. The van der Waals surface area contributed by atoms with Crippen LogP contribution in [0.2, 0.25) is 5.02 Å². The summed E-state index contributed by atoms with van der Waals surface area (Å²) in [6.07, 6.45) is 0. The summed E-state index contributed by atoms with van der Waals surface area (Å²) in [6.45, 7) is 5.25. The molecular formula is C20H20ClN3O. The van der Waals surface area contributed by atoms with Crippen molar-refractivity contribution in [1.29, 1.82) is 0 Å². The molecule has 2 aromatic carbocycles. The molecular weight excluding hydrogens is 334 g/mol. The predicted octanol–water partition coefficient (Wildman–Crippen LogP) is 4.09. The van der Waals surface area contributed by atoms with Gasteiger partial charge in [-0.1, -0.05) is 29.8 Å². The first-order chi connectivity index (χ1) is 12.1. The fraction of sp³-hybridized carbons (Fsp3) is 0.250. The molecule has 25 heavy (non-hydrogen) atoms. The van der Waals surface area contributed by atoms with Crippen molar-refractivity contribution in [2.24, 2.45) is 0 Å². The van der Waals surface area contributed by atoms with Crippen LogP contribution in [0.3, 0.4) is 0 Å². The average molecular weight is 354 g/mol. The van der Waals surface area contributed by atoms with Crippen molar-refractivity contribution in [2.45, 2.75) is 6.92 Å². The van der Waals surface area contributed by atoms with E-state index in [4.69, 9.17) is 11.6 Å². The third kappa shape index (κ3) is 3.22. The van der Waals surface area contributed by atoms with Crippen molar-refractivity contribution in [1.82, 2.24) is 9.88 Å². The maximum atomic E-state index is 12.8. The molecule has 2 heterocycles. The van der Waals surface area contributed by atoms with Crippen LogP contribution in [0.4, 0.5) is 5.69 Å². The molecule has 5 heteroatoms. The number of H-pyrrole nitrogens is 1. The SMILES string of the molecule is Cc1cccc(N2CCN(C(=O)c3cc4ccc(Cl)cc4[nH]3)CC2)c1. The summed E-state index contributed by atoms with van der Waals surface area (Å²) >= 11 is 6.02. The average Bonchev–Trinajstić information content (AvgIpc) is 3.04. The molecule has 0 atom stereocenters. The van der Waals surface area contributed by atoms with Gasteiger partial charge in [-0.3, -0.25) is 4.79 Å². The zero-order valence-electron chi connectivity index (χ0n) is 14.1. The second-order valence-electron chi connectivity index (χ2n) is 6.53. The van der Waals surface area contributed by atoms with Crippen molar-refractivity contribution in [3.63, 3.8) is 0 Å². The molecule has 1 saturated heterocycles. The Bertz CT molecular complexity index is 926. The summed E-state index contributed by atoms with van der Waals surface area (Å²) in [5.41, 5.74) is 4.01. The topological polar surface area (TPSA) is 39.3 Å². The minimum absolute atomic E-state index is 0.0521. The van der Waals surface area contributed by atoms with Gasteiger partial charge in [0.2, 0.25) is 0 Å². The molecule has 1 aliphatic rings. The minimum Gasteiger partial charge on any atom is -0.368 e. The number of fused-ring (bicyclic) bond motifs is 1. The van der Waals surface area contributed by atoms with Gasteiger partial charge in [-0.25, -0.2) is 0 Å². The van der Waals surface area contributed by atoms with Crippen LogP contribution in [0.15, 0.2) is 48.5 Å². The van der Waals surface area contributed by atoms with Crippen molar-refractivity contribution in [3.8, 4) is 0 Å². The molecule has 0 bridgehead atoms. The van der Waals surface area contributed by atoms with Gasteiger partial charge < -0.3 is 14.8 Å². The van der Waals surface area contributed by atoms with Gasteiger partial charge in [0.15, 0.2) is 0 Å². The molecule has 1 aromatic heterocycles. The smallest absolute Gasteiger partial charge is 0.270 e. The molecule has 1 aliphatic heterocycles. The van der Waals surface area contributed by atoms with E-state index in [-0.39, 0.29) is 5.91 Å². The van der Waals surface area contributed by atoms with Crippen LogP contribution in [0, 0.1) is 6.92 Å². The van der Waals surface area contributed by atoms with Crippen LogP contribution in [0.5, 0.6) is 0 Å². The number of carbonyl (C=O) groups excluding carboxylic acids is 1. The van der Waals surface area contributed by atoms with Crippen molar-refractivity contribution in [2.75, 3.05) is 31.1 Å². The Hall–Kier alpha value is -2.46. The molecule has 0 unspecified atom stereocenters. The Morgan fingerprint density at radius 2 is 1.84 bits per heavy atom. The Labute approximate surface area is 152 Å². The molecule has 0 spiro atoms. The first kappa shape index (κ1) is 16.0. The standard InChI is InChI=1S/C20H20ClN3O/c1-14-3-2-4-17(11-14)23-7-9-24(10-8-23)20(25)19-12-15-5-6-16(21)13-18(15)22-19/h2-6,11-13,22H,7-10H2,1H3. The van der Waals surface area contributed by atoms with E-state index in [0.717, 1.165) is 37.1 Å². The van der Waals surface area contributed by atoms with Crippen LogP contribution >= 0.6 is 11.6 Å². The second-order valence-corrected chi connectivity index (χ2v) is 6.97. The zero-order valence-corrected chi connectivity index (χ0v) is 14.9. The molecule has 0 aliphatic carbocycles. The molecule has 3 aromatic rings. The van der Waals surface area contributed by atoms with Gasteiger partial charge >= 0.3 is 0 Å². The highest BCUT2D eigenvalue weighted by molar-refractivity contribution is 6.31. The Balaban J connectivity index is 1.47. The van der Waals surface area contributed by atoms with Gasteiger partial charge in [0, 0.05) is 47.8 Å². The number of benzene rings is 2. The van der Waals surface area contributed by atoms with Crippen LogP contribution in [0.1, 0.15) is 16.1 Å². The quantitative estimate of drug-likeness (QED) is 0.753. The molecule has 128 valence electrons. The van der Waals surface area contributed by atoms with Gasteiger partial charge in [-0.05, 0) is 42.8 Å². The second kappa shape index (κ2) is 6.45. The number of aryl methyl sites for hydroxylation is 1. The van der Waals surface area contributed by atoms with E-state index in [1.54, 1.807) is 0 Å². The van der Waals surface area contributed by atoms with Crippen LogP contribution in [-0.2, 0) is 0 Å². The molecule has 1 amide bonds. The van der Waals surface area contributed by atoms with E-state index in [9.17, 15) is 4.79 Å². The number of halogens is 1. The van der Waals surface area contributed by atoms with Crippen molar-refractivity contribution < 1.29 is 4.79 Å². The number of amides is 1. The lowest BCUT2D eigenvalue weighted by atomic mass is 10.2. The molecule has 1 N–H and O–H groups in total. The summed E-state index contributed by atoms with van der Waals surface area (Å²) < 4.78 is 0. The van der Waals surface area contributed by atoms with Gasteiger partial charge in [0.1, 0.15) is 5.69 Å². The van der Waals surface area contributed by atoms with E-state index in [2.05, 4.69) is 41.1 Å². The number of piperazine rings is 1. The Morgan fingerprint density at radius 1 is 1.04 bits per heavy atom. The van der Waals surface area contributed by atoms with Gasteiger partial charge in [0.05, 0.1) is 0 Å². The molecule has 0 radical (unpaired) electrons. The van der Waals surface area contributed by atoms with Crippen LogP contribution in [-0.4, -0.2) is 42.0 Å². The minimum atomic E-state index is 0.0521. The number of aromatic nitrogens is 1. The van der Waals surface area contributed by atoms with E-state index in [0.29, 0.717) is 10.7 Å². The van der Waals surface area contributed by atoms with E-state index in [1.165, 1.54) is 11.3 Å². The fourth-order valence-electron chi connectivity index (χ4n) is 3.38. The number of hydrogen-bond acceptors (Lipinski definition) is 2. The molecule has 0 saturated carbocycles. The normalized spacial score (nSPS) is 15.0. The summed E-state index contributed by atoms with van der Waals surface area (Å²) in [4.78, 5) is 20.2. The number of nitrogens with zero attached hydrogens (tertiary/aromatic N) is 2. The number of carbonyl (C=O) groups is 1. The highest BCUT2D eigenvalue weighted by atomic mass is 35.5. The van der Waals surface area contributed by atoms with E-state index in [1.807, 2.05) is 29.2 Å². The number of anilines is 1. The van der Waals surface area contributed by atoms with Crippen molar-refractivity contribution >= 4 is 34.1 Å². The van der Waals surface area contributed by atoms with Crippen LogP contribution in [0.25, 0.3) is 10.9 Å². The lowest BCUT2D eigenvalue weighted by Gasteiger charge is -2.36. The maximum absolute atomic E-state index is 12.8. The molecule has 1 fully saturated rings. The highest BCUT2D eigenvalue weighted by Gasteiger charge is 2.23. The van der Waals surface area contributed by atoms with Gasteiger partial charge in [-0.15, -0.1) is 0 Å². The number of nitrogens with one attached hydrogen (secondary N) is 1. The zero-order chi connectivity index (χ0) is 17.4. The summed E-state index contributed by atoms with van der Waals surface area (Å²) in [5.74, 6) is 0.0521. The molecule has 4 rings (SSSR count). The largest absolute Gasteiger partial charge is 0.368 e. The molecule has 4 nitrogen and oxygen atoms in total. The third-order valence-corrected chi connectivity index (χ3v) is 4.98. The van der Waals surface area contributed by atoms with Gasteiger partial charge in [0.25, 0.3) is 5.91 Å². The summed E-state index contributed by atoms with van der Waals surface area (Å²) in [7, 11) is 0. The number of rotatable bonds is 2. The Kier molecular flexibility index (Phi) is 4.14. The lowest BCUT2D eigenvalue weighted by molar-refractivity contribution is 0.0742. The first-order valence-corrected chi connectivity index (χ1v) is 8.87. The number of aromatic amines is 1. The summed E-state index contributed by atoms with van der Waals surface area (Å²) in [5, 5.41) is 1.67. The van der Waals surface area contributed by atoms with E-state index < -0.39 is 0 Å². The monoisotopic (exact) mass is 353 g/mol. The predicted molar refractivity (Wildman–Crippen MR) is 103 cm³/mol. The lowest BCUT2D eigenvalue weighted by Crippen LogP contribution is -2.48. The first-order valence-electron chi connectivity index (χ1n) is 8.49. The number of hydrogen-bond donors (Lipinski definition) is 1. The maximum Gasteiger partial charge on any atom is 0.270 e. The third-order valence-electron chi connectivity index (χ3n) is 4.75.